The summed E-state index contributed by atoms with van der Waals surface area (Å²) in [5.74, 6) is 1.50. The lowest BCUT2D eigenvalue weighted by Gasteiger charge is -2.14. The monoisotopic (exact) mass is 272 g/mol. The van der Waals surface area contributed by atoms with Crippen LogP contribution < -0.4 is 20.8 Å². The molecule has 0 radical (unpaired) electrons. The van der Waals surface area contributed by atoms with Gasteiger partial charge in [-0.2, -0.15) is 0 Å². The average molecular weight is 272 g/mol. The van der Waals surface area contributed by atoms with E-state index < -0.39 is 0 Å². The summed E-state index contributed by atoms with van der Waals surface area (Å²) in [4.78, 5) is 3.18. The minimum Gasteiger partial charge on any atom is -0.496 e. The molecule has 0 atom stereocenters. The average Bonchev–Trinajstić information content (AvgIpc) is 2.47. The number of methoxy groups -OCH3 is 1. The van der Waals surface area contributed by atoms with Crippen molar-refractivity contribution in [1.82, 2.24) is 5.32 Å². The predicted octanol–water partition coefficient (Wildman–Crippen LogP) is 2.04. The number of nitrogens with one attached hydrogen (secondary N) is 2. The van der Waals surface area contributed by atoms with E-state index in [1.807, 2.05) is 25.2 Å². The van der Waals surface area contributed by atoms with E-state index in [-0.39, 0.29) is 0 Å². The Balaban J connectivity index is 2.57. The Morgan fingerprint density at radius 1 is 1.25 bits per heavy atom. The third-order valence-electron chi connectivity index (χ3n) is 3.38. The third kappa shape index (κ3) is 2.91. The summed E-state index contributed by atoms with van der Waals surface area (Å²) < 4.78 is 5.54. The number of hydrogen-bond acceptors (Lipinski definition) is 3. The van der Waals surface area contributed by atoms with E-state index in [9.17, 15) is 0 Å². The highest BCUT2D eigenvalue weighted by molar-refractivity contribution is 5.67. The van der Waals surface area contributed by atoms with Crippen LogP contribution in [0.3, 0.4) is 0 Å². The second kappa shape index (κ2) is 6.39. The first-order valence-electron chi connectivity index (χ1n) is 6.82. The lowest BCUT2D eigenvalue weighted by Crippen LogP contribution is -2.14. The fraction of sp³-hybridized carbons (Fsp3) is 0.312. The molecule has 0 unspecified atom stereocenters. The van der Waals surface area contributed by atoms with Gasteiger partial charge in [0.25, 0.3) is 5.82 Å². The number of H-pyrrole nitrogens is 1. The molecule has 0 saturated carbocycles. The maximum atomic E-state index is 5.83. The molecule has 4 N–H and O–H groups in total. The molecule has 4 heteroatoms. The van der Waals surface area contributed by atoms with Gasteiger partial charge in [-0.05, 0) is 48.9 Å². The minimum atomic E-state index is 0.641. The standard InChI is InChI=1S/C16H21N3O/c1-4-11-8-13(14-6-5-7-16(17)19-14)15(20-3)9-12(11)10-18-2/h5-9,18H,4,10H2,1-3H3,(H2,17,19)/p+1. The zero-order valence-electron chi connectivity index (χ0n) is 12.3. The van der Waals surface area contributed by atoms with Crippen LogP contribution in [0.25, 0.3) is 11.3 Å². The molecule has 0 aliphatic heterocycles. The number of rotatable bonds is 5. The molecule has 106 valence electrons. The number of anilines is 1. The van der Waals surface area contributed by atoms with E-state index in [1.54, 1.807) is 7.11 Å². The van der Waals surface area contributed by atoms with Crippen molar-refractivity contribution in [2.75, 3.05) is 19.9 Å². The van der Waals surface area contributed by atoms with Gasteiger partial charge in [-0.1, -0.05) is 6.92 Å². The molecule has 0 aliphatic rings. The first kappa shape index (κ1) is 14.3. The Bertz CT molecular complexity index is 596. The summed E-state index contributed by atoms with van der Waals surface area (Å²) in [6, 6.07) is 10.1. The number of ether oxygens (including phenoxy) is 1. The van der Waals surface area contributed by atoms with Gasteiger partial charge in [0, 0.05) is 12.6 Å². The topological polar surface area (TPSA) is 61.4 Å². The molecule has 1 aromatic carbocycles. The molecule has 0 saturated heterocycles. The van der Waals surface area contributed by atoms with Crippen LogP contribution in [-0.2, 0) is 13.0 Å². The van der Waals surface area contributed by atoms with Gasteiger partial charge < -0.3 is 10.1 Å². The molecule has 0 fully saturated rings. The quantitative estimate of drug-likeness (QED) is 0.875. The maximum Gasteiger partial charge on any atom is 0.270 e. The van der Waals surface area contributed by atoms with E-state index in [2.05, 4.69) is 29.4 Å². The fourth-order valence-corrected chi connectivity index (χ4v) is 2.37. The van der Waals surface area contributed by atoms with Gasteiger partial charge in [0.15, 0.2) is 0 Å². The van der Waals surface area contributed by atoms with Crippen molar-refractivity contribution in [3.05, 3.63) is 41.5 Å². The van der Waals surface area contributed by atoms with Crippen molar-refractivity contribution in [3.63, 3.8) is 0 Å². The number of hydrogen-bond donors (Lipinski definition) is 2. The lowest BCUT2D eigenvalue weighted by atomic mass is 9.98. The summed E-state index contributed by atoms with van der Waals surface area (Å²) in [5, 5.41) is 3.20. The molecular weight excluding hydrogens is 250 g/mol. The number of aromatic nitrogens is 1. The summed E-state index contributed by atoms with van der Waals surface area (Å²) >= 11 is 0. The molecule has 0 bridgehead atoms. The number of aryl methyl sites for hydroxylation is 1. The lowest BCUT2D eigenvalue weighted by molar-refractivity contribution is -0.346. The first-order valence-corrected chi connectivity index (χ1v) is 6.82. The van der Waals surface area contributed by atoms with Crippen LogP contribution >= 0.6 is 0 Å². The van der Waals surface area contributed by atoms with Crippen molar-refractivity contribution < 1.29 is 9.72 Å². The maximum absolute atomic E-state index is 5.83. The van der Waals surface area contributed by atoms with Crippen LogP contribution in [-0.4, -0.2) is 14.2 Å². The van der Waals surface area contributed by atoms with Crippen molar-refractivity contribution in [2.24, 2.45) is 0 Å². The molecule has 1 heterocycles. The van der Waals surface area contributed by atoms with Crippen LogP contribution in [0.4, 0.5) is 5.82 Å². The van der Waals surface area contributed by atoms with Crippen molar-refractivity contribution in [2.45, 2.75) is 19.9 Å². The molecule has 1 aromatic heterocycles. The van der Waals surface area contributed by atoms with Crippen molar-refractivity contribution in [3.8, 4) is 17.0 Å². The van der Waals surface area contributed by atoms with Crippen LogP contribution in [0.2, 0.25) is 0 Å². The summed E-state index contributed by atoms with van der Waals surface area (Å²) in [6.45, 7) is 2.99. The number of aromatic amines is 1. The van der Waals surface area contributed by atoms with Crippen LogP contribution in [0.1, 0.15) is 18.1 Å². The smallest absolute Gasteiger partial charge is 0.270 e. The Morgan fingerprint density at radius 3 is 2.65 bits per heavy atom. The van der Waals surface area contributed by atoms with Gasteiger partial charge in [-0.3, -0.25) is 5.73 Å². The number of benzene rings is 1. The largest absolute Gasteiger partial charge is 0.496 e. The molecule has 0 amide bonds. The second-order valence-corrected chi connectivity index (χ2v) is 4.72. The zero-order valence-corrected chi connectivity index (χ0v) is 12.3. The predicted molar refractivity (Wildman–Crippen MR) is 81.5 cm³/mol. The minimum absolute atomic E-state index is 0.641. The van der Waals surface area contributed by atoms with Gasteiger partial charge in [0.2, 0.25) is 0 Å². The number of nitrogen functional groups attached to an aromatic ring is 1. The molecule has 0 aliphatic carbocycles. The van der Waals surface area contributed by atoms with Gasteiger partial charge in [0.1, 0.15) is 11.4 Å². The van der Waals surface area contributed by atoms with E-state index in [1.165, 1.54) is 11.1 Å². The number of pyridine rings is 1. The van der Waals surface area contributed by atoms with E-state index in [0.717, 1.165) is 30.0 Å². The van der Waals surface area contributed by atoms with Gasteiger partial charge in [-0.25, -0.2) is 4.98 Å². The van der Waals surface area contributed by atoms with E-state index >= 15 is 0 Å². The zero-order chi connectivity index (χ0) is 14.5. The summed E-state index contributed by atoms with van der Waals surface area (Å²) in [5.41, 5.74) is 10.4. The van der Waals surface area contributed by atoms with E-state index in [0.29, 0.717) is 5.82 Å². The number of nitrogens with two attached hydrogens (primary N) is 1. The van der Waals surface area contributed by atoms with Crippen molar-refractivity contribution in [1.29, 1.82) is 0 Å². The molecule has 20 heavy (non-hydrogen) atoms. The molecule has 4 nitrogen and oxygen atoms in total. The van der Waals surface area contributed by atoms with E-state index in [4.69, 9.17) is 10.5 Å². The Kier molecular flexibility index (Phi) is 4.58. The molecule has 0 spiro atoms. The normalized spacial score (nSPS) is 10.6. The Hall–Kier alpha value is -2.07. The van der Waals surface area contributed by atoms with Crippen LogP contribution in [0, 0.1) is 0 Å². The summed E-state index contributed by atoms with van der Waals surface area (Å²) in [7, 11) is 3.64. The van der Waals surface area contributed by atoms with Gasteiger partial charge >= 0.3 is 0 Å². The Labute approximate surface area is 120 Å². The Morgan fingerprint density at radius 2 is 2.05 bits per heavy atom. The molecular formula is C16H22N3O+. The van der Waals surface area contributed by atoms with Gasteiger partial charge in [-0.15, -0.1) is 0 Å². The highest BCUT2D eigenvalue weighted by atomic mass is 16.5. The highest BCUT2D eigenvalue weighted by Crippen LogP contribution is 2.31. The van der Waals surface area contributed by atoms with Gasteiger partial charge in [0.05, 0.1) is 12.7 Å². The van der Waals surface area contributed by atoms with Crippen LogP contribution in [0.5, 0.6) is 5.75 Å². The van der Waals surface area contributed by atoms with Crippen molar-refractivity contribution >= 4 is 5.82 Å². The molecule has 2 rings (SSSR count). The van der Waals surface area contributed by atoms with Crippen LogP contribution in [0.15, 0.2) is 30.3 Å². The fourth-order valence-electron chi connectivity index (χ4n) is 2.37. The molecule has 2 aromatic rings. The first-order chi connectivity index (χ1) is 9.69. The third-order valence-corrected chi connectivity index (χ3v) is 3.38. The highest BCUT2D eigenvalue weighted by Gasteiger charge is 2.13. The SMILES string of the molecule is CCc1cc(-c2cccc(N)[nH+]2)c(OC)cc1CNC. The second-order valence-electron chi connectivity index (χ2n) is 4.72. The summed E-state index contributed by atoms with van der Waals surface area (Å²) in [6.07, 6.45) is 0.982.